The summed E-state index contributed by atoms with van der Waals surface area (Å²) in [5, 5.41) is 32.1. The molecule has 0 bridgehead atoms. The van der Waals surface area contributed by atoms with Crippen molar-refractivity contribution >= 4 is 50.0 Å². The molecule has 4 atom stereocenters. The van der Waals surface area contributed by atoms with Crippen molar-refractivity contribution in [1.82, 2.24) is 15.3 Å². The van der Waals surface area contributed by atoms with Crippen molar-refractivity contribution in [3.63, 3.8) is 0 Å². The molecule has 2 aromatic rings. The molecular formula is C27H35ClN6O2S. The first-order valence-corrected chi connectivity index (χ1v) is 14.9. The van der Waals surface area contributed by atoms with E-state index < -0.39 is 15.5 Å². The van der Waals surface area contributed by atoms with Crippen molar-refractivity contribution in [3.8, 4) is 0 Å². The van der Waals surface area contributed by atoms with Gasteiger partial charge in [0.05, 0.1) is 27.9 Å². The second-order valence-electron chi connectivity index (χ2n) is 9.42. The number of aromatic nitrogens is 2. The van der Waals surface area contributed by atoms with E-state index in [2.05, 4.69) is 37.4 Å². The summed E-state index contributed by atoms with van der Waals surface area (Å²) in [6.45, 7) is 1.82. The predicted molar refractivity (Wildman–Crippen MR) is 154 cm³/mol. The molecule has 1 saturated carbocycles. The van der Waals surface area contributed by atoms with Gasteiger partial charge in [-0.15, -0.1) is 0 Å². The smallest absolute Gasteiger partial charge is 0.253 e. The van der Waals surface area contributed by atoms with Crippen LogP contribution in [0.15, 0.2) is 54.1 Å². The summed E-state index contributed by atoms with van der Waals surface area (Å²) in [4.78, 5) is 21.2. The number of allylic oxidation sites excluding steroid dienone is 2. The van der Waals surface area contributed by atoms with E-state index in [0.717, 1.165) is 37.9 Å². The molecule has 1 amide bonds. The number of aliphatic hydroxyl groups excluding tert-OH is 1. The highest BCUT2D eigenvalue weighted by atomic mass is 35.5. The summed E-state index contributed by atoms with van der Waals surface area (Å²) in [7, 11) is -0.0727. The number of carbonyl (C=O) groups is 1. The van der Waals surface area contributed by atoms with Crippen LogP contribution in [-0.4, -0.2) is 50.3 Å². The largest absolute Gasteiger partial charge is 0.384 e. The first-order valence-electron chi connectivity index (χ1n) is 12.6. The summed E-state index contributed by atoms with van der Waals surface area (Å²) >= 11 is 6.38. The fourth-order valence-corrected chi connectivity index (χ4v) is 8.02. The molecule has 0 saturated heterocycles. The number of anilines is 3. The summed E-state index contributed by atoms with van der Waals surface area (Å²) in [5.41, 5.74) is 0.567. The SMILES string of the molecule is CNC(=O)c1ccccc1Nc1nc(NC2CCCC(C(=N)S3(C(C)O)C=CC=CC3)CC2)ncc1Cl. The first kappa shape index (κ1) is 27.2. The number of carbonyl (C=O) groups excluding carboxylic acids is 1. The lowest BCUT2D eigenvalue weighted by atomic mass is 10.0. The van der Waals surface area contributed by atoms with Gasteiger partial charge in [-0.05, 0) is 50.1 Å². The third-order valence-electron chi connectivity index (χ3n) is 7.03. The Bertz CT molecular complexity index is 1200. The molecule has 4 unspecified atom stereocenters. The zero-order valence-electron chi connectivity index (χ0n) is 21.2. The molecule has 2 heterocycles. The summed E-state index contributed by atoms with van der Waals surface area (Å²) in [5.74, 6) is 1.59. The number of amides is 1. The Labute approximate surface area is 224 Å². The van der Waals surface area contributed by atoms with E-state index >= 15 is 0 Å². The zero-order chi connectivity index (χ0) is 26.4. The molecule has 10 heteroatoms. The average Bonchev–Trinajstić information content (AvgIpc) is 3.15. The number of nitrogens with zero attached hydrogens (tertiary/aromatic N) is 2. The molecule has 8 nitrogen and oxygen atoms in total. The lowest BCUT2D eigenvalue weighted by Crippen LogP contribution is -2.29. The standard InChI is InChI=1S/C27H35ClN6O2S/c1-18(35)37(15-6-3-7-16-37)24(29)19-9-8-10-20(14-13-19)32-27-31-17-22(28)25(34-27)33-23-12-5-4-11-21(23)26(36)30-2/h3-7,11-12,15,17-20,29,35H,8-10,13-14,16H2,1-2H3,(H,30,36)(H2,31,32,33,34). The maximum Gasteiger partial charge on any atom is 0.253 e. The Morgan fingerprint density at radius 2 is 2.03 bits per heavy atom. The molecular weight excluding hydrogens is 508 g/mol. The summed E-state index contributed by atoms with van der Waals surface area (Å²) in [6.07, 6.45) is 12.3. The molecule has 198 valence electrons. The van der Waals surface area contributed by atoms with Gasteiger partial charge in [-0.25, -0.2) is 4.98 Å². The zero-order valence-corrected chi connectivity index (χ0v) is 22.8. The fraction of sp³-hybridized carbons (Fsp3) is 0.407. The van der Waals surface area contributed by atoms with Gasteiger partial charge in [0.25, 0.3) is 5.91 Å². The van der Waals surface area contributed by atoms with Crippen LogP contribution in [0.1, 0.15) is 49.4 Å². The Morgan fingerprint density at radius 3 is 2.76 bits per heavy atom. The topological polar surface area (TPSA) is 123 Å². The minimum absolute atomic E-state index is 0.164. The van der Waals surface area contributed by atoms with Crippen LogP contribution in [-0.2, 0) is 0 Å². The monoisotopic (exact) mass is 542 g/mol. The highest BCUT2D eigenvalue weighted by molar-refractivity contribution is 8.47. The quantitative estimate of drug-likeness (QED) is 0.171. The molecule has 1 aromatic heterocycles. The third-order valence-corrected chi connectivity index (χ3v) is 11.1. The number of hydrogen-bond donors (Lipinski definition) is 5. The van der Waals surface area contributed by atoms with Crippen LogP contribution >= 0.6 is 21.6 Å². The van der Waals surface area contributed by atoms with Crippen molar-refractivity contribution in [3.05, 3.63) is 64.7 Å². The number of benzene rings is 1. The Kier molecular flexibility index (Phi) is 8.89. The van der Waals surface area contributed by atoms with Crippen LogP contribution in [0.5, 0.6) is 0 Å². The van der Waals surface area contributed by atoms with Crippen LogP contribution in [0.3, 0.4) is 0 Å². The van der Waals surface area contributed by atoms with E-state index in [-0.39, 0.29) is 17.9 Å². The molecule has 1 fully saturated rings. The van der Waals surface area contributed by atoms with Gasteiger partial charge < -0.3 is 21.1 Å². The van der Waals surface area contributed by atoms with Gasteiger partial charge in [-0.3, -0.25) is 10.2 Å². The average molecular weight is 543 g/mol. The van der Waals surface area contributed by atoms with Gasteiger partial charge in [0, 0.05) is 24.8 Å². The predicted octanol–water partition coefficient (Wildman–Crippen LogP) is 5.80. The van der Waals surface area contributed by atoms with Crippen LogP contribution in [0.2, 0.25) is 5.02 Å². The molecule has 0 radical (unpaired) electrons. The van der Waals surface area contributed by atoms with E-state index in [1.165, 1.54) is 0 Å². The van der Waals surface area contributed by atoms with Crippen LogP contribution < -0.4 is 16.0 Å². The number of aliphatic hydroxyl groups is 1. The van der Waals surface area contributed by atoms with Crippen molar-refractivity contribution in [2.24, 2.45) is 5.92 Å². The third kappa shape index (κ3) is 6.17. The van der Waals surface area contributed by atoms with Crippen LogP contribution in [0, 0.1) is 11.3 Å². The van der Waals surface area contributed by atoms with Crippen molar-refractivity contribution < 1.29 is 9.90 Å². The van der Waals surface area contributed by atoms with E-state index in [0.29, 0.717) is 33.1 Å². The van der Waals surface area contributed by atoms with E-state index in [4.69, 9.17) is 17.0 Å². The van der Waals surface area contributed by atoms with Crippen LogP contribution in [0.25, 0.3) is 0 Å². The molecule has 37 heavy (non-hydrogen) atoms. The molecule has 1 aliphatic carbocycles. The lowest BCUT2D eigenvalue weighted by Gasteiger charge is -2.43. The second kappa shape index (κ2) is 12.1. The Balaban J connectivity index is 1.43. The second-order valence-corrected chi connectivity index (χ2v) is 13.3. The van der Waals surface area contributed by atoms with Crippen molar-refractivity contribution in [2.75, 3.05) is 23.4 Å². The normalized spacial score (nSPS) is 25.8. The van der Waals surface area contributed by atoms with Gasteiger partial charge >= 0.3 is 0 Å². The number of nitrogens with one attached hydrogen (secondary N) is 4. The molecule has 1 aliphatic heterocycles. The highest BCUT2D eigenvalue weighted by Gasteiger charge is 2.36. The van der Waals surface area contributed by atoms with Gasteiger partial charge in [-0.2, -0.15) is 15.0 Å². The minimum atomic E-state index is -1.66. The highest BCUT2D eigenvalue weighted by Crippen LogP contribution is 2.58. The maximum atomic E-state index is 12.2. The maximum absolute atomic E-state index is 12.2. The number of halogens is 1. The Hall–Kier alpha value is -2.88. The molecule has 1 aromatic carbocycles. The fourth-order valence-electron chi connectivity index (χ4n) is 4.91. The van der Waals surface area contributed by atoms with Crippen molar-refractivity contribution in [2.45, 2.75) is 50.5 Å². The number of para-hydroxylation sites is 1. The molecule has 0 spiro atoms. The number of hydrogen-bond acceptors (Lipinski definition) is 7. The van der Waals surface area contributed by atoms with Gasteiger partial charge in [0.2, 0.25) is 5.95 Å². The lowest BCUT2D eigenvalue weighted by molar-refractivity contribution is 0.0964. The van der Waals surface area contributed by atoms with Gasteiger partial charge in [0.1, 0.15) is 5.02 Å². The van der Waals surface area contributed by atoms with Crippen LogP contribution in [0.4, 0.5) is 17.5 Å². The summed E-state index contributed by atoms with van der Waals surface area (Å²) in [6, 6.07) is 7.35. The van der Waals surface area contributed by atoms with Gasteiger partial charge in [0.15, 0.2) is 5.82 Å². The van der Waals surface area contributed by atoms with E-state index in [1.807, 2.05) is 25.1 Å². The number of rotatable bonds is 7. The molecule has 2 aliphatic rings. The first-order chi connectivity index (χ1) is 17.8. The molecule has 5 N–H and O–H groups in total. The summed E-state index contributed by atoms with van der Waals surface area (Å²) < 4.78 is 0. The van der Waals surface area contributed by atoms with E-state index in [9.17, 15) is 9.90 Å². The van der Waals surface area contributed by atoms with E-state index in [1.54, 1.807) is 31.4 Å². The Morgan fingerprint density at radius 1 is 1.22 bits per heavy atom. The minimum Gasteiger partial charge on any atom is -0.384 e. The van der Waals surface area contributed by atoms with Gasteiger partial charge in [-0.1, -0.05) is 48.4 Å². The molecule has 4 rings (SSSR count). The van der Waals surface area contributed by atoms with Crippen molar-refractivity contribution in [1.29, 1.82) is 5.41 Å².